The van der Waals surface area contributed by atoms with Crippen molar-refractivity contribution >= 4 is 0 Å². The Hall–Kier alpha value is -0.560. The molecule has 0 aromatic carbocycles. The molecule has 1 rings (SSSR count). The van der Waals surface area contributed by atoms with Gasteiger partial charge in [-0.1, -0.05) is 38.2 Å². The first-order chi connectivity index (χ1) is 4.41. The zero-order chi connectivity index (χ0) is 7.83. The third-order valence-corrected chi connectivity index (χ3v) is 1.70. The lowest BCUT2D eigenvalue weighted by molar-refractivity contribution is 0.159. The van der Waals surface area contributed by atoms with Crippen LogP contribution in [0.1, 0.15) is 20.8 Å². The van der Waals surface area contributed by atoms with Gasteiger partial charge in [0.15, 0.2) is 0 Å². The molecule has 0 saturated heterocycles. The van der Waals surface area contributed by atoms with Gasteiger partial charge < -0.3 is 5.11 Å². The van der Waals surface area contributed by atoms with E-state index in [4.69, 9.17) is 0 Å². The van der Waals surface area contributed by atoms with Crippen LogP contribution < -0.4 is 0 Å². The van der Waals surface area contributed by atoms with Crippen molar-refractivity contribution in [2.24, 2.45) is 5.41 Å². The Labute approximate surface area is 62.1 Å². The summed E-state index contributed by atoms with van der Waals surface area (Å²) in [5.74, 6) is 0. The van der Waals surface area contributed by atoms with Crippen LogP contribution in [0.25, 0.3) is 0 Å². The van der Waals surface area contributed by atoms with E-state index < -0.39 is 5.60 Å². The van der Waals surface area contributed by atoms with Crippen LogP contribution in [0.4, 0.5) is 0 Å². The van der Waals surface area contributed by atoms with Crippen LogP contribution in [-0.2, 0) is 0 Å². The highest BCUT2D eigenvalue weighted by Crippen LogP contribution is 2.27. The summed E-state index contributed by atoms with van der Waals surface area (Å²) in [7, 11) is 0. The Balaban J connectivity index is 2.81. The van der Waals surface area contributed by atoms with Gasteiger partial charge in [-0.05, 0) is 6.92 Å². The molecule has 0 spiro atoms. The van der Waals surface area contributed by atoms with Crippen LogP contribution in [0, 0.1) is 5.41 Å². The third kappa shape index (κ3) is 1.71. The number of rotatable bonds is 0. The first-order valence-electron chi connectivity index (χ1n) is 3.54. The zero-order valence-electron chi connectivity index (χ0n) is 6.76. The van der Waals surface area contributed by atoms with Crippen LogP contribution in [0.5, 0.6) is 0 Å². The maximum Gasteiger partial charge on any atom is 0.0981 e. The minimum absolute atomic E-state index is 0.113. The van der Waals surface area contributed by atoms with Crippen molar-refractivity contribution in [3.63, 3.8) is 0 Å². The predicted molar refractivity (Wildman–Crippen MR) is 42.7 cm³/mol. The molecule has 10 heavy (non-hydrogen) atoms. The largest absolute Gasteiger partial charge is 0.382 e. The zero-order valence-corrected chi connectivity index (χ0v) is 6.76. The predicted octanol–water partition coefficient (Wildman–Crippen LogP) is 1.89. The summed E-state index contributed by atoms with van der Waals surface area (Å²) in [5, 5.41) is 9.43. The summed E-state index contributed by atoms with van der Waals surface area (Å²) in [6.07, 6.45) is 7.69. The molecule has 1 aliphatic carbocycles. The molecule has 0 bridgehead atoms. The van der Waals surface area contributed by atoms with Crippen molar-refractivity contribution in [3.05, 3.63) is 24.3 Å². The van der Waals surface area contributed by atoms with Crippen molar-refractivity contribution in [2.45, 2.75) is 26.4 Å². The van der Waals surface area contributed by atoms with Gasteiger partial charge in [-0.3, -0.25) is 0 Å². The summed E-state index contributed by atoms with van der Waals surface area (Å²) in [6, 6.07) is 0. The van der Waals surface area contributed by atoms with Gasteiger partial charge in [0, 0.05) is 5.41 Å². The molecule has 1 aliphatic rings. The van der Waals surface area contributed by atoms with E-state index in [0.29, 0.717) is 0 Å². The highest BCUT2D eigenvalue weighted by Gasteiger charge is 2.20. The molecule has 0 amide bonds. The molecule has 0 heterocycles. The fourth-order valence-corrected chi connectivity index (χ4v) is 0.878. The lowest BCUT2D eigenvalue weighted by Gasteiger charge is -2.25. The summed E-state index contributed by atoms with van der Waals surface area (Å²) in [4.78, 5) is 0. The Morgan fingerprint density at radius 1 is 0.900 bits per heavy atom. The van der Waals surface area contributed by atoms with Gasteiger partial charge in [0.05, 0.1) is 5.60 Å². The lowest BCUT2D eigenvalue weighted by atomic mass is 9.84. The minimum atomic E-state index is -0.727. The molecule has 0 atom stereocenters. The average Bonchev–Trinajstić information content (AvgIpc) is 1.79. The molecular formula is C9H14O. The molecule has 0 saturated carbocycles. The molecule has 0 unspecified atom stereocenters. The third-order valence-electron chi connectivity index (χ3n) is 1.70. The quantitative estimate of drug-likeness (QED) is 0.507. The second-order valence-corrected chi connectivity index (χ2v) is 3.71. The molecule has 1 nitrogen and oxygen atoms in total. The topological polar surface area (TPSA) is 20.2 Å². The van der Waals surface area contributed by atoms with Gasteiger partial charge in [0.2, 0.25) is 0 Å². The fourth-order valence-electron chi connectivity index (χ4n) is 0.878. The highest BCUT2D eigenvalue weighted by molar-refractivity contribution is 5.24. The van der Waals surface area contributed by atoms with E-state index in [2.05, 4.69) is 13.8 Å². The number of hydrogen-bond acceptors (Lipinski definition) is 1. The Bertz CT molecular complexity index is 147. The van der Waals surface area contributed by atoms with E-state index in [9.17, 15) is 5.11 Å². The van der Waals surface area contributed by atoms with Crippen LogP contribution >= 0.6 is 0 Å². The first kappa shape index (κ1) is 7.55. The monoisotopic (exact) mass is 138 g/mol. The molecule has 1 heteroatoms. The van der Waals surface area contributed by atoms with Gasteiger partial charge in [0.1, 0.15) is 0 Å². The lowest BCUT2D eigenvalue weighted by Crippen LogP contribution is -2.23. The average molecular weight is 138 g/mol. The molecule has 0 aromatic heterocycles. The Morgan fingerprint density at radius 2 is 1.30 bits per heavy atom. The molecule has 0 aromatic rings. The second kappa shape index (κ2) is 1.96. The van der Waals surface area contributed by atoms with E-state index in [-0.39, 0.29) is 5.41 Å². The van der Waals surface area contributed by atoms with Crippen LogP contribution in [0.2, 0.25) is 0 Å². The van der Waals surface area contributed by atoms with Crippen molar-refractivity contribution < 1.29 is 5.11 Å². The van der Waals surface area contributed by atoms with Gasteiger partial charge >= 0.3 is 0 Å². The molecule has 0 aliphatic heterocycles. The molecule has 56 valence electrons. The number of allylic oxidation sites excluding steroid dienone is 2. The van der Waals surface area contributed by atoms with Gasteiger partial charge in [-0.25, -0.2) is 0 Å². The highest BCUT2D eigenvalue weighted by atomic mass is 16.3. The Kier molecular flexibility index (Phi) is 1.48. The molecule has 1 N–H and O–H groups in total. The van der Waals surface area contributed by atoms with Crippen molar-refractivity contribution in [1.82, 2.24) is 0 Å². The standard InChI is InChI=1S/C9H14O/c1-8(2)4-6-9(3,10)7-5-8/h4-7,10H,1-3H3. The Morgan fingerprint density at radius 3 is 1.60 bits per heavy atom. The second-order valence-electron chi connectivity index (χ2n) is 3.71. The van der Waals surface area contributed by atoms with Crippen molar-refractivity contribution in [2.75, 3.05) is 0 Å². The van der Waals surface area contributed by atoms with E-state index in [1.54, 1.807) is 6.92 Å². The SMILES string of the molecule is CC1(C)C=CC(C)(O)C=C1. The van der Waals surface area contributed by atoms with E-state index >= 15 is 0 Å². The van der Waals surface area contributed by atoms with E-state index in [0.717, 1.165) is 0 Å². The smallest absolute Gasteiger partial charge is 0.0981 e. The summed E-state index contributed by atoms with van der Waals surface area (Å²) in [6.45, 7) is 5.99. The van der Waals surface area contributed by atoms with Gasteiger partial charge in [-0.2, -0.15) is 0 Å². The summed E-state index contributed by atoms with van der Waals surface area (Å²) in [5.41, 5.74) is -0.613. The minimum Gasteiger partial charge on any atom is -0.382 e. The normalized spacial score (nSPS) is 26.8. The van der Waals surface area contributed by atoms with Gasteiger partial charge in [0.25, 0.3) is 0 Å². The molecule has 0 radical (unpaired) electrons. The molecule has 0 fully saturated rings. The van der Waals surface area contributed by atoms with E-state index in [1.165, 1.54) is 0 Å². The van der Waals surface area contributed by atoms with Crippen LogP contribution in [0.3, 0.4) is 0 Å². The fraction of sp³-hybridized carbons (Fsp3) is 0.556. The van der Waals surface area contributed by atoms with Gasteiger partial charge in [-0.15, -0.1) is 0 Å². The van der Waals surface area contributed by atoms with Crippen molar-refractivity contribution in [3.8, 4) is 0 Å². The maximum atomic E-state index is 9.43. The number of aliphatic hydroxyl groups is 1. The molecular weight excluding hydrogens is 124 g/mol. The van der Waals surface area contributed by atoms with Crippen LogP contribution in [0.15, 0.2) is 24.3 Å². The van der Waals surface area contributed by atoms with Crippen LogP contribution in [-0.4, -0.2) is 10.7 Å². The summed E-state index contributed by atoms with van der Waals surface area (Å²) >= 11 is 0. The first-order valence-corrected chi connectivity index (χ1v) is 3.54. The summed E-state index contributed by atoms with van der Waals surface area (Å²) < 4.78 is 0. The van der Waals surface area contributed by atoms with Crippen molar-refractivity contribution in [1.29, 1.82) is 0 Å². The number of hydrogen-bond donors (Lipinski definition) is 1. The maximum absolute atomic E-state index is 9.43. The van der Waals surface area contributed by atoms with E-state index in [1.807, 2.05) is 24.3 Å².